The molecule has 0 aliphatic carbocycles. The third-order valence-corrected chi connectivity index (χ3v) is 3.57. The standard InChI is InChI=1S/C13H21F3N2OS/c1-4-5-17-6-10-12(9(2)3)18-11(20-10)7-19-8-13(14,15)16/h9,17H,4-8H2,1-3H3. The van der Waals surface area contributed by atoms with Crippen molar-refractivity contribution in [2.45, 2.75) is 52.4 Å². The highest BCUT2D eigenvalue weighted by molar-refractivity contribution is 7.11. The van der Waals surface area contributed by atoms with Gasteiger partial charge in [0.05, 0.1) is 12.3 Å². The number of rotatable bonds is 8. The molecule has 1 rings (SSSR count). The zero-order chi connectivity index (χ0) is 15.2. The van der Waals surface area contributed by atoms with Crippen molar-refractivity contribution in [2.24, 2.45) is 0 Å². The molecule has 0 radical (unpaired) electrons. The summed E-state index contributed by atoms with van der Waals surface area (Å²) in [6.07, 6.45) is -3.25. The van der Waals surface area contributed by atoms with Crippen molar-refractivity contribution < 1.29 is 17.9 Å². The van der Waals surface area contributed by atoms with Crippen molar-refractivity contribution in [3.8, 4) is 0 Å². The van der Waals surface area contributed by atoms with Crippen LogP contribution in [0, 0.1) is 0 Å². The van der Waals surface area contributed by atoms with Crippen LogP contribution in [0.25, 0.3) is 0 Å². The summed E-state index contributed by atoms with van der Waals surface area (Å²) in [6, 6.07) is 0. The zero-order valence-electron chi connectivity index (χ0n) is 12.0. The van der Waals surface area contributed by atoms with Gasteiger partial charge in [-0.25, -0.2) is 4.98 Å². The van der Waals surface area contributed by atoms with Crippen molar-refractivity contribution in [1.29, 1.82) is 0 Å². The average Bonchev–Trinajstić information content (AvgIpc) is 2.71. The van der Waals surface area contributed by atoms with Crippen LogP contribution in [-0.2, 0) is 17.9 Å². The van der Waals surface area contributed by atoms with Gasteiger partial charge in [0.2, 0.25) is 0 Å². The lowest BCUT2D eigenvalue weighted by Gasteiger charge is -2.05. The maximum absolute atomic E-state index is 12.0. The molecule has 0 aromatic carbocycles. The molecular formula is C13H21F3N2OS. The Hall–Kier alpha value is -0.660. The highest BCUT2D eigenvalue weighted by Gasteiger charge is 2.27. The Morgan fingerprint density at radius 2 is 2.05 bits per heavy atom. The number of hydrogen-bond donors (Lipinski definition) is 1. The highest BCUT2D eigenvalue weighted by atomic mass is 32.1. The molecule has 7 heteroatoms. The summed E-state index contributed by atoms with van der Waals surface area (Å²) in [5.41, 5.74) is 0.948. The van der Waals surface area contributed by atoms with Gasteiger partial charge in [0.1, 0.15) is 11.6 Å². The molecule has 1 N–H and O–H groups in total. The Bertz CT molecular complexity index is 405. The number of alkyl halides is 3. The molecule has 20 heavy (non-hydrogen) atoms. The van der Waals surface area contributed by atoms with E-state index in [9.17, 15) is 13.2 Å². The lowest BCUT2D eigenvalue weighted by molar-refractivity contribution is -0.176. The van der Waals surface area contributed by atoms with Crippen molar-refractivity contribution in [2.75, 3.05) is 13.2 Å². The largest absolute Gasteiger partial charge is 0.411 e. The first-order valence-electron chi connectivity index (χ1n) is 6.67. The fraction of sp³-hybridized carbons (Fsp3) is 0.769. The molecule has 0 fully saturated rings. The van der Waals surface area contributed by atoms with Gasteiger partial charge >= 0.3 is 6.18 Å². The molecule has 0 spiro atoms. The fourth-order valence-electron chi connectivity index (χ4n) is 1.69. The maximum Gasteiger partial charge on any atom is 0.411 e. The predicted octanol–water partition coefficient (Wildman–Crippen LogP) is 3.85. The van der Waals surface area contributed by atoms with Crippen molar-refractivity contribution in [3.63, 3.8) is 0 Å². The predicted molar refractivity (Wildman–Crippen MR) is 73.9 cm³/mol. The number of aromatic nitrogens is 1. The van der Waals surface area contributed by atoms with Crippen LogP contribution in [0.1, 0.15) is 48.7 Å². The van der Waals surface area contributed by atoms with Crippen LogP contribution in [0.5, 0.6) is 0 Å². The van der Waals surface area contributed by atoms with Gasteiger partial charge in [-0.3, -0.25) is 0 Å². The number of hydrogen-bond acceptors (Lipinski definition) is 4. The SMILES string of the molecule is CCCNCc1sc(COCC(F)(F)F)nc1C(C)C. The summed E-state index contributed by atoms with van der Waals surface area (Å²) >= 11 is 1.42. The first-order chi connectivity index (χ1) is 9.33. The summed E-state index contributed by atoms with van der Waals surface area (Å²) in [6.45, 7) is 6.44. The first kappa shape index (κ1) is 17.4. The molecule has 0 atom stereocenters. The molecule has 0 aliphatic rings. The number of thiazole rings is 1. The minimum absolute atomic E-state index is 0.0856. The topological polar surface area (TPSA) is 34.1 Å². The van der Waals surface area contributed by atoms with E-state index in [1.165, 1.54) is 11.3 Å². The number of ether oxygens (including phenoxy) is 1. The molecule has 0 amide bonds. The van der Waals surface area contributed by atoms with Gasteiger partial charge in [-0.05, 0) is 18.9 Å². The zero-order valence-corrected chi connectivity index (χ0v) is 12.8. The van der Waals surface area contributed by atoms with E-state index in [0.29, 0.717) is 11.6 Å². The normalized spacial score (nSPS) is 12.3. The highest BCUT2D eigenvalue weighted by Crippen LogP contribution is 2.26. The van der Waals surface area contributed by atoms with Crippen molar-refractivity contribution >= 4 is 11.3 Å². The van der Waals surface area contributed by atoms with Crippen LogP contribution in [0.4, 0.5) is 13.2 Å². The van der Waals surface area contributed by atoms with Crippen molar-refractivity contribution in [1.82, 2.24) is 10.3 Å². The van der Waals surface area contributed by atoms with E-state index in [1.54, 1.807) is 0 Å². The average molecular weight is 310 g/mol. The molecule has 1 aromatic rings. The Kier molecular flexibility index (Phi) is 6.91. The third-order valence-electron chi connectivity index (χ3n) is 2.52. The van der Waals surface area contributed by atoms with Crippen LogP contribution in [0.3, 0.4) is 0 Å². The smallest absolute Gasteiger partial charge is 0.365 e. The van der Waals surface area contributed by atoms with Gasteiger partial charge in [-0.1, -0.05) is 20.8 Å². The second-order valence-corrected chi connectivity index (χ2v) is 6.02. The molecule has 1 heterocycles. The second kappa shape index (κ2) is 7.95. The Morgan fingerprint density at radius 1 is 1.35 bits per heavy atom. The number of halogens is 3. The molecular weight excluding hydrogens is 289 g/mol. The van der Waals surface area contributed by atoms with Crippen LogP contribution in [0.15, 0.2) is 0 Å². The molecule has 0 unspecified atom stereocenters. The molecule has 3 nitrogen and oxygen atoms in total. The summed E-state index contributed by atoms with van der Waals surface area (Å²) in [7, 11) is 0. The van der Waals surface area contributed by atoms with Crippen LogP contribution < -0.4 is 5.32 Å². The Balaban J connectivity index is 2.61. The summed E-state index contributed by atoms with van der Waals surface area (Å²) in [5.74, 6) is 0.251. The monoisotopic (exact) mass is 310 g/mol. The Labute approximate surface area is 121 Å². The van der Waals surface area contributed by atoms with Crippen LogP contribution in [0.2, 0.25) is 0 Å². The molecule has 116 valence electrons. The van der Waals surface area contributed by atoms with Gasteiger partial charge in [0.25, 0.3) is 0 Å². The summed E-state index contributed by atoms with van der Waals surface area (Å²) in [5, 5.41) is 3.89. The minimum atomic E-state index is -4.29. The third kappa shape index (κ3) is 6.19. The number of nitrogens with zero attached hydrogens (tertiary/aromatic N) is 1. The second-order valence-electron chi connectivity index (χ2n) is 4.86. The van der Waals surface area contributed by atoms with Gasteiger partial charge in [-0.15, -0.1) is 11.3 Å². The summed E-state index contributed by atoms with van der Waals surface area (Å²) < 4.78 is 40.7. The molecule has 0 saturated heterocycles. The Morgan fingerprint density at radius 3 is 2.60 bits per heavy atom. The van der Waals surface area contributed by atoms with Gasteiger partial charge in [0.15, 0.2) is 0 Å². The van der Waals surface area contributed by atoms with E-state index >= 15 is 0 Å². The first-order valence-corrected chi connectivity index (χ1v) is 7.48. The molecule has 0 bridgehead atoms. The summed E-state index contributed by atoms with van der Waals surface area (Å²) in [4.78, 5) is 5.48. The van der Waals surface area contributed by atoms with E-state index in [-0.39, 0.29) is 12.5 Å². The van der Waals surface area contributed by atoms with E-state index in [2.05, 4.69) is 22.0 Å². The molecule has 0 aliphatic heterocycles. The van der Waals surface area contributed by atoms with E-state index in [1.807, 2.05) is 13.8 Å². The van der Waals surface area contributed by atoms with Crippen LogP contribution in [-0.4, -0.2) is 24.3 Å². The fourth-order valence-corrected chi connectivity index (χ4v) is 2.82. The minimum Gasteiger partial charge on any atom is -0.365 e. The van der Waals surface area contributed by atoms with Gasteiger partial charge in [-0.2, -0.15) is 13.2 Å². The quantitative estimate of drug-likeness (QED) is 0.741. The van der Waals surface area contributed by atoms with Crippen LogP contribution >= 0.6 is 11.3 Å². The van der Waals surface area contributed by atoms with Crippen molar-refractivity contribution in [3.05, 3.63) is 15.6 Å². The van der Waals surface area contributed by atoms with E-state index in [0.717, 1.165) is 23.5 Å². The van der Waals surface area contributed by atoms with Gasteiger partial charge < -0.3 is 10.1 Å². The van der Waals surface area contributed by atoms with E-state index in [4.69, 9.17) is 0 Å². The molecule has 0 saturated carbocycles. The number of nitrogens with one attached hydrogen (secondary N) is 1. The molecule has 1 aromatic heterocycles. The van der Waals surface area contributed by atoms with Gasteiger partial charge in [0, 0.05) is 11.4 Å². The maximum atomic E-state index is 12.0. The lowest BCUT2D eigenvalue weighted by Crippen LogP contribution is -2.16. The lowest BCUT2D eigenvalue weighted by atomic mass is 10.1. The van der Waals surface area contributed by atoms with E-state index < -0.39 is 12.8 Å².